The van der Waals surface area contributed by atoms with E-state index >= 15 is 0 Å². The molecule has 0 aromatic rings. The van der Waals surface area contributed by atoms with E-state index in [1.54, 1.807) is 0 Å². The number of hydrogen-bond donors (Lipinski definition) is 1. The van der Waals surface area contributed by atoms with Crippen LogP contribution in [-0.4, -0.2) is 36.6 Å². The van der Waals surface area contributed by atoms with Gasteiger partial charge in [0.05, 0.1) is 0 Å². The van der Waals surface area contributed by atoms with Crippen LogP contribution in [0.3, 0.4) is 0 Å². The lowest BCUT2D eigenvalue weighted by atomic mass is 9.86. The van der Waals surface area contributed by atoms with Gasteiger partial charge in [-0.15, -0.1) is 0 Å². The van der Waals surface area contributed by atoms with Crippen molar-refractivity contribution in [2.45, 2.75) is 84.2 Å². The molecular formula is C18H36N2. The Kier molecular flexibility index (Phi) is 6.83. The van der Waals surface area contributed by atoms with Gasteiger partial charge in [0.2, 0.25) is 0 Å². The summed E-state index contributed by atoms with van der Waals surface area (Å²) in [5.74, 6) is 1.80. The van der Waals surface area contributed by atoms with Crippen LogP contribution in [0.4, 0.5) is 0 Å². The number of nitrogens with zero attached hydrogens (tertiary/aromatic N) is 1. The second-order valence-corrected chi connectivity index (χ2v) is 7.49. The van der Waals surface area contributed by atoms with Crippen LogP contribution in [0.5, 0.6) is 0 Å². The Morgan fingerprint density at radius 1 is 1.10 bits per heavy atom. The van der Waals surface area contributed by atoms with Crippen LogP contribution in [0.1, 0.15) is 72.1 Å². The third-order valence-electron chi connectivity index (χ3n) is 5.50. The second-order valence-electron chi connectivity index (χ2n) is 7.49. The predicted molar refractivity (Wildman–Crippen MR) is 88.1 cm³/mol. The summed E-state index contributed by atoms with van der Waals surface area (Å²) in [5.41, 5.74) is 0. The molecule has 0 bridgehead atoms. The smallest absolute Gasteiger partial charge is 0.0244 e. The SMILES string of the molecule is CCCC1CN(CCC2CCCCC2)C(C(C)C)CN1. The molecule has 1 saturated heterocycles. The average molecular weight is 280 g/mol. The van der Waals surface area contributed by atoms with Crippen LogP contribution in [0.2, 0.25) is 0 Å². The Bertz CT molecular complexity index is 258. The van der Waals surface area contributed by atoms with E-state index in [-0.39, 0.29) is 0 Å². The van der Waals surface area contributed by atoms with Crippen LogP contribution in [0, 0.1) is 11.8 Å². The Morgan fingerprint density at radius 2 is 1.85 bits per heavy atom. The molecule has 1 aliphatic heterocycles. The van der Waals surface area contributed by atoms with Crippen molar-refractivity contribution in [1.82, 2.24) is 10.2 Å². The van der Waals surface area contributed by atoms with E-state index in [9.17, 15) is 0 Å². The molecule has 2 rings (SSSR count). The highest BCUT2D eigenvalue weighted by molar-refractivity contribution is 4.88. The Balaban J connectivity index is 1.82. The average Bonchev–Trinajstić information content (AvgIpc) is 2.46. The van der Waals surface area contributed by atoms with Gasteiger partial charge in [-0.2, -0.15) is 0 Å². The first-order valence-corrected chi connectivity index (χ1v) is 9.18. The van der Waals surface area contributed by atoms with Crippen molar-refractivity contribution in [2.75, 3.05) is 19.6 Å². The summed E-state index contributed by atoms with van der Waals surface area (Å²) in [7, 11) is 0. The molecular weight excluding hydrogens is 244 g/mol. The first-order valence-electron chi connectivity index (χ1n) is 9.18. The molecule has 2 atom stereocenters. The first kappa shape index (κ1) is 16.3. The highest BCUT2D eigenvalue weighted by Crippen LogP contribution is 2.27. The van der Waals surface area contributed by atoms with Crippen molar-refractivity contribution < 1.29 is 0 Å². The molecule has 1 N–H and O–H groups in total. The fourth-order valence-electron chi connectivity index (χ4n) is 4.18. The molecule has 0 spiro atoms. The lowest BCUT2D eigenvalue weighted by Crippen LogP contribution is -2.58. The molecule has 0 aromatic heterocycles. The lowest BCUT2D eigenvalue weighted by molar-refractivity contribution is 0.0867. The summed E-state index contributed by atoms with van der Waals surface area (Å²) >= 11 is 0. The van der Waals surface area contributed by atoms with E-state index < -0.39 is 0 Å². The van der Waals surface area contributed by atoms with Gasteiger partial charge in [-0.3, -0.25) is 4.90 Å². The quantitative estimate of drug-likeness (QED) is 0.789. The molecule has 2 unspecified atom stereocenters. The van der Waals surface area contributed by atoms with Crippen LogP contribution in [0.25, 0.3) is 0 Å². The van der Waals surface area contributed by atoms with Crippen molar-refractivity contribution in [3.8, 4) is 0 Å². The largest absolute Gasteiger partial charge is 0.311 e. The van der Waals surface area contributed by atoms with Crippen LogP contribution in [-0.2, 0) is 0 Å². The highest BCUT2D eigenvalue weighted by Gasteiger charge is 2.29. The van der Waals surface area contributed by atoms with E-state index in [1.165, 1.54) is 71.0 Å². The minimum atomic E-state index is 0.737. The molecule has 1 aliphatic carbocycles. The van der Waals surface area contributed by atoms with E-state index in [2.05, 4.69) is 31.0 Å². The summed E-state index contributed by atoms with van der Waals surface area (Å²) in [6, 6.07) is 1.49. The summed E-state index contributed by atoms with van der Waals surface area (Å²) in [4.78, 5) is 2.82. The van der Waals surface area contributed by atoms with Gasteiger partial charge >= 0.3 is 0 Å². The fraction of sp³-hybridized carbons (Fsp3) is 1.00. The zero-order valence-corrected chi connectivity index (χ0v) is 14.0. The topological polar surface area (TPSA) is 15.3 Å². The van der Waals surface area contributed by atoms with E-state index in [4.69, 9.17) is 0 Å². The van der Waals surface area contributed by atoms with Gasteiger partial charge in [0.25, 0.3) is 0 Å². The van der Waals surface area contributed by atoms with Crippen molar-refractivity contribution in [1.29, 1.82) is 0 Å². The number of nitrogens with one attached hydrogen (secondary N) is 1. The number of hydrogen-bond acceptors (Lipinski definition) is 2. The number of piperazine rings is 1. The van der Waals surface area contributed by atoms with Crippen LogP contribution in [0.15, 0.2) is 0 Å². The highest BCUT2D eigenvalue weighted by atomic mass is 15.2. The zero-order valence-electron chi connectivity index (χ0n) is 14.0. The summed E-state index contributed by atoms with van der Waals surface area (Å²) in [6.45, 7) is 10.9. The standard InChI is InChI=1S/C18H36N2/c1-4-8-17-14-20(18(13-19-17)15(2)3)12-11-16-9-6-5-7-10-16/h15-19H,4-14H2,1-3H3. The molecule has 1 saturated carbocycles. The molecule has 118 valence electrons. The molecule has 0 amide bonds. The van der Waals surface area contributed by atoms with Gasteiger partial charge in [0.15, 0.2) is 0 Å². The van der Waals surface area contributed by atoms with Gasteiger partial charge in [-0.05, 0) is 31.2 Å². The van der Waals surface area contributed by atoms with E-state index in [1.807, 2.05) is 0 Å². The first-order chi connectivity index (χ1) is 9.70. The van der Waals surface area contributed by atoms with E-state index in [0.29, 0.717) is 0 Å². The third kappa shape index (κ3) is 4.73. The molecule has 0 radical (unpaired) electrons. The molecule has 0 aromatic carbocycles. The molecule has 2 aliphatic rings. The van der Waals surface area contributed by atoms with Crippen LogP contribution >= 0.6 is 0 Å². The normalized spacial score (nSPS) is 30.0. The molecule has 20 heavy (non-hydrogen) atoms. The monoisotopic (exact) mass is 280 g/mol. The Hall–Kier alpha value is -0.0800. The van der Waals surface area contributed by atoms with Crippen LogP contribution < -0.4 is 5.32 Å². The molecule has 1 heterocycles. The minimum Gasteiger partial charge on any atom is -0.311 e. The minimum absolute atomic E-state index is 0.737. The maximum absolute atomic E-state index is 3.78. The molecule has 2 heteroatoms. The fourth-order valence-corrected chi connectivity index (χ4v) is 4.18. The van der Waals surface area contributed by atoms with Crippen molar-refractivity contribution in [3.63, 3.8) is 0 Å². The van der Waals surface area contributed by atoms with Gasteiger partial charge < -0.3 is 5.32 Å². The van der Waals surface area contributed by atoms with Crippen molar-refractivity contribution in [2.24, 2.45) is 11.8 Å². The summed E-state index contributed by atoms with van der Waals surface area (Å²) in [6.07, 6.45) is 11.5. The van der Waals surface area contributed by atoms with Gasteiger partial charge in [-0.1, -0.05) is 59.3 Å². The Labute approximate surface area is 126 Å². The zero-order chi connectivity index (χ0) is 14.4. The van der Waals surface area contributed by atoms with E-state index in [0.717, 1.165) is 23.9 Å². The Morgan fingerprint density at radius 3 is 2.50 bits per heavy atom. The maximum atomic E-state index is 3.78. The second kappa shape index (κ2) is 8.38. The number of rotatable bonds is 6. The van der Waals surface area contributed by atoms with Gasteiger partial charge in [0.1, 0.15) is 0 Å². The van der Waals surface area contributed by atoms with Crippen molar-refractivity contribution in [3.05, 3.63) is 0 Å². The van der Waals surface area contributed by atoms with Gasteiger partial charge in [0, 0.05) is 25.2 Å². The van der Waals surface area contributed by atoms with Crippen molar-refractivity contribution >= 4 is 0 Å². The summed E-state index contributed by atoms with van der Waals surface area (Å²) in [5, 5.41) is 3.78. The summed E-state index contributed by atoms with van der Waals surface area (Å²) < 4.78 is 0. The predicted octanol–water partition coefficient (Wildman–Crippen LogP) is 4.06. The van der Waals surface area contributed by atoms with Gasteiger partial charge in [-0.25, -0.2) is 0 Å². The third-order valence-corrected chi connectivity index (χ3v) is 5.50. The molecule has 2 nitrogen and oxygen atoms in total. The molecule has 2 fully saturated rings. The maximum Gasteiger partial charge on any atom is 0.0244 e. The lowest BCUT2D eigenvalue weighted by Gasteiger charge is -2.43.